The van der Waals surface area contributed by atoms with Crippen LogP contribution in [0.2, 0.25) is 0 Å². The largest absolute Gasteiger partial charge is 0.329 e. The topological polar surface area (TPSA) is 42.1 Å². The quantitative estimate of drug-likeness (QED) is 0.769. The molecule has 1 aromatic heterocycles. The maximum absolute atomic E-state index is 5.79. The Morgan fingerprint density at radius 3 is 2.57 bits per heavy atom. The molecule has 3 heteroatoms. The van der Waals surface area contributed by atoms with Crippen LogP contribution in [0.3, 0.4) is 0 Å². The smallest absolute Gasteiger partial charge is 0.0485 e. The third-order valence-electron chi connectivity index (χ3n) is 2.55. The Bertz CT molecular complexity index is 244. The minimum Gasteiger partial charge on any atom is -0.329 e. The lowest BCUT2D eigenvalue weighted by atomic mass is 10.1. The first-order chi connectivity index (χ1) is 6.83. The van der Waals surface area contributed by atoms with Crippen molar-refractivity contribution < 1.29 is 0 Å². The fourth-order valence-electron chi connectivity index (χ4n) is 1.73. The van der Waals surface area contributed by atoms with Gasteiger partial charge in [0.25, 0.3) is 0 Å². The first-order valence-corrected chi connectivity index (χ1v) is 5.17. The van der Waals surface area contributed by atoms with Gasteiger partial charge in [-0.3, -0.25) is 9.88 Å². The van der Waals surface area contributed by atoms with E-state index in [9.17, 15) is 0 Å². The van der Waals surface area contributed by atoms with Crippen LogP contribution in [0, 0.1) is 0 Å². The van der Waals surface area contributed by atoms with Crippen molar-refractivity contribution in [3.05, 3.63) is 30.1 Å². The molecule has 0 aliphatic heterocycles. The fraction of sp³-hybridized carbons (Fsp3) is 0.545. The molecular weight excluding hydrogens is 174 g/mol. The highest BCUT2D eigenvalue weighted by molar-refractivity contribution is 5.14. The van der Waals surface area contributed by atoms with Crippen molar-refractivity contribution in [2.24, 2.45) is 5.73 Å². The number of aromatic nitrogens is 1. The van der Waals surface area contributed by atoms with Gasteiger partial charge in [0.2, 0.25) is 0 Å². The maximum Gasteiger partial charge on any atom is 0.0485 e. The number of rotatable bonds is 5. The van der Waals surface area contributed by atoms with Crippen LogP contribution in [-0.2, 0) is 0 Å². The lowest BCUT2D eigenvalue weighted by molar-refractivity contribution is 0.223. The number of nitrogens with zero attached hydrogens (tertiary/aromatic N) is 2. The van der Waals surface area contributed by atoms with E-state index in [1.54, 1.807) is 6.20 Å². The molecule has 1 atom stereocenters. The van der Waals surface area contributed by atoms with Crippen LogP contribution in [0.1, 0.15) is 25.5 Å². The molecule has 0 amide bonds. The summed E-state index contributed by atoms with van der Waals surface area (Å²) in [5.41, 5.74) is 6.99. The van der Waals surface area contributed by atoms with E-state index in [1.807, 2.05) is 12.3 Å². The van der Waals surface area contributed by atoms with E-state index < -0.39 is 0 Å². The Balaban J connectivity index is 2.81. The van der Waals surface area contributed by atoms with E-state index >= 15 is 0 Å². The van der Waals surface area contributed by atoms with Gasteiger partial charge < -0.3 is 5.73 Å². The molecule has 0 bridgehead atoms. The Kier molecular flexibility index (Phi) is 4.56. The SMILES string of the molecule is CCN(CC)C(CN)c1cccnc1. The molecule has 14 heavy (non-hydrogen) atoms. The third kappa shape index (κ3) is 2.53. The highest BCUT2D eigenvalue weighted by Crippen LogP contribution is 2.17. The maximum atomic E-state index is 5.79. The zero-order valence-electron chi connectivity index (χ0n) is 8.98. The first kappa shape index (κ1) is 11.1. The zero-order chi connectivity index (χ0) is 10.4. The summed E-state index contributed by atoms with van der Waals surface area (Å²) in [5, 5.41) is 0. The van der Waals surface area contributed by atoms with E-state index in [2.05, 4.69) is 29.8 Å². The predicted molar refractivity (Wildman–Crippen MR) is 59.0 cm³/mol. The number of pyridine rings is 1. The minimum absolute atomic E-state index is 0.304. The first-order valence-electron chi connectivity index (χ1n) is 5.17. The molecule has 0 saturated heterocycles. The lowest BCUT2D eigenvalue weighted by Crippen LogP contribution is -2.33. The summed E-state index contributed by atoms with van der Waals surface area (Å²) in [7, 11) is 0. The second kappa shape index (κ2) is 5.73. The van der Waals surface area contributed by atoms with Crippen molar-refractivity contribution in [1.29, 1.82) is 0 Å². The molecule has 0 aliphatic rings. The van der Waals surface area contributed by atoms with Crippen LogP contribution in [0.25, 0.3) is 0 Å². The predicted octanol–water partition coefficient (Wildman–Crippen LogP) is 1.42. The molecule has 0 radical (unpaired) electrons. The molecule has 1 aromatic rings. The van der Waals surface area contributed by atoms with Crippen molar-refractivity contribution in [1.82, 2.24) is 9.88 Å². The van der Waals surface area contributed by atoms with Crippen LogP contribution < -0.4 is 5.73 Å². The van der Waals surface area contributed by atoms with E-state index in [0.29, 0.717) is 12.6 Å². The van der Waals surface area contributed by atoms with Gasteiger partial charge in [-0.05, 0) is 24.7 Å². The molecule has 0 fully saturated rings. The van der Waals surface area contributed by atoms with Crippen LogP contribution >= 0.6 is 0 Å². The summed E-state index contributed by atoms with van der Waals surface area (Å²) in [6.45, 7) is 7.00. The van der Waals surface area contributed by atoms with Crippen LogP contribution in [-0.4, -0.2) is 29.5 Å². The summed E-state index contributed by atoms with van der Waals surface area (Å²) in [6.07, 6.45) is 3.69. The van der Waals surface area contributed by atoms with Crippen LogP contribution in [0.15, 0.2) is 24.5 Å². The van der Waals surface area contributed by atoms with E-state index in [1.165, 1.54) is 5.56 Å². The average Bonchev–Trinajstić information content (AvgIpc) is 2.27. The summed E-state index contributed by atoms with van der Waals surface area (Å²) in [6, 6.07) is 4.35. The van der Waals surface area contributed by atoms with Gasteiger partial charge in [-0.25, -0.2) is 0 Å². The van der Waals surface area contributed by atoms with Crippen molar-refractivity contribution >= 4 is 0 Å². The number of nitrogens with two attached hydrogens (primary N) is 1. The highest BCUT2D eigenvalue weighted by atomic mass is 15.2. The second-order valence-corrected chi connectivity index (χ2v) is 3.26. The molecule has 0 aromatic carbocycles. The van der Waals surface area contributed by atoms with Crippen LogP contribution in [0.5, 0.6) is 0 Å². The van der Waals surface area contributed by atoms with Crippen molar-refractivity contribution in [2.75, 3.05) is 19.6 Å². The van der Waals surface area contributed by atoms with E-state index in [4.69, 9.17) is 5.73 Å². The monoisotopic (exact) mass is 193 g/mol. The third-order valence-corrected chi connectivity index (χ3v) is 2.55. The molecule has 0 spiro atoms. The van der Waals surface area contributed by atoms with Crippen molar-refractivity contribution in [2.45, 2.75) is 19.9 Å². The molecule has 1 unspecified atom stereocenters. The summed E-state index contributed by atoms with van der Waals surface area (Å²) in [4.78, 5) is 6.47. The Hall–Kier alpha value is -0.930. The normalized spacial score (nSPS) is 13.1. The number of likely N-dealkylation sites (N-methyl/N-ethyl adjacent to an activating group) is 1. The lowest BCUT2D eigenvalue weighted by Gasteiger charge is -2.28. The standard InChI is InChI=1S/C11H19N3/c1-3-14(4-2)11(8-12)10-6-5-7-13-9-10/h5-7,9,11H,3-4,8,12H2,1-2H3. The Labute approximate surface area is 85.9 Å². The molecule has 78 valence electrons. The Morgan fingerprint density at radius 2 is 2.14 bits per heavy atom. The van der Waals surface area contributed by atoms with Gasteiger partial charge in [0.15, 0.2) is 0 Å². The minimum atomic E-state index is 0.304. The molecular formula is C11H19N3. The zero-order valence-corrected chi connectivity index (χ0v) is 8.98. The highest BCUT2D eigenvalue weighted by Gasteiger charge is 2.15. The number of hydrogen-bond donors (Lipinski definition) is 1. The van der Waals surface area contributed by atoms with Gasteiger partial charge in [-0.2, -0.15) is 0 Å². The van der Waals surface area contributed by atoms with E-state index in [-0.39, 0.29) is 0 Å². The van der Waals surface area contributed by atoms with Gasteiger partial charge in [0.1, 0.15) is 0 Å². The molecule has 3 nitrogen and oxygen atoms in total. The van der Waals surface area contributed by atoms with Gasteiger partial charge in [0.05, 0.1) is 0 Å². The van der Waals surface area contributed by atoms with Crippen LogP contribution in [0.4, 0.5) is 0 Å². The molecule has 0 aliphatic carbocycles. The molecule has 1 heterocycles. The average molecular weight is 193 g/mol. The molecule has 2 N–H and O–H groups in total. The second-order valence-electron chi connectivity index (χ2n) is 3.26. The fourth-order valence-corrected chi connectivity index (χ4v) is 1.73. The summed E-state index contributed by atoms with van der Waals surface area (Å²) in [5.74, 6) is 0. The van der Waals surface area contributed by atoms with Gasteiger partial charge in [-0.1, -0.05) is 19.9 Å². The molecule has 0 saturated carbocycles. The van der Waals surface area contributed by atoms with Crippen molar-refractivity contribution in [3.63, 3.8) is 0 Å². The van der Waals surface area contributed by atoms with Gasteiger partial charge >= 0.3 is 0 Å². The van der Waals surface area contributed by atoms with Gasteiger partial charge in [-0.15, -0.1) is 0 Å². The molecule has 1 rings (SSSR count). The van der Waals surface area contributed by atoms with Crippen molar-refractivity contribution in [3.8, 4) is 0 Å². The van der Waals surface area contributed by atoms with E-state index in [0.717, 1.165) is 13.1 Å². The summed E-state index contributed by atoms with van der Waals surface area (Å²) >= 11 is 0. The van der Waals surface area contributed by atoms with Gasteiger partial charge in [0, 0.05) is 25.0 Å². The summed E-state index contributed by atoms with van der Waals surface area (Å²) < 4.78 is 0. The number of hydrogen-bond acceptors (Lipinski definition) is 3. The Morgan fingerprint density at radius 1 is 1.43 bits per heavy atom.